The van der Waals surface area contributed by atoms with Crippen LogP contribution < -0.4 is 11.1 Å². The first-order valence-corrected chi connectivity index (χ1v) is 7.67. The van der Waals surface area contributed by atoms with Crippen molar-refractivity contribution in [2.24, 2.45) is 5.41 Å². The van der Waals surface area contributed by atoms with Crippen LogP contribution in [0.4, 0.5) is 10.8 Å². The normalized spacial score (nSPS) is 18.4. The van der Waals surface area contributed by atoms with Gasteiger partial charge in [0.1, 0.15) is 9.90 Å². The molecule has 7 heteroatoms. The van der Waals surface area contributed by atoms with Crippen LogP contribution in [0, 0.1) is 5.41 Å². The highest BCUT2D eigenvalue weighted by Crippen LogP contribution is 2.45. The molecule has 1 heterocycles. The highest BCUT2D eigenvalue weighted by molar-refractivity contribution is 7.91. The molecule has 1 aromatic heterocycles. The highest BCUT2D eigenvalue weighted by atomic mass is 32.2. The largest absolute Gasteiger partial charge is 0.382 e. The van der Waals surface area contributed by atoms with E-state index in [1.165, 1.54) is 12.8 Å². The third kappa shape index (κ3) is 2.30. The molecule has 1 aliphatic rings. The first kappa shape index (κ1) is 11.7. The van der Waals surface area contributed by atoms with Gasteiger partial charge in [0.25, 0.3) is 0 Å². The first-order chi connectivity index (χ1) is 7.32. The van der Waals surface area contributed by atoms with Gasteiger partial charge in [-0.1, -0.05) is 6.92 Å². The van der Waals surface area contributed by atoms with E-state index < -0.39 is 9.84 Å². The minimum Gasteiger partial charge on any atom is -0.382 e. The van der Waals surface area contributed by atoms with Crippen LogP contribution in [0.2, 0.25) is 0 Å². The van der Waals surface area contributed by atoms with Gasteiger partial charge in [-0.05, 0) is 29.8 Å². The molecule has 1 aliphatic carbocycles. The first-order valence-electron chi connectivity index (χ1n) is 5.01. The van der Waals surface area contributed by atoms with Gasteiger partial charge >= 0.3 is 0 Å². The molecule has 1 aromatic rings. The second-order valence-electron chi connectivity index (χ2n) is 4.66. The summed E-state index contributed by atoms with van der Waals surface area (Å²) in [6.07, 6.45) is 3.52. The van der Waals surface area contributed by atoms with Crippen LogP contribution in [-0.4, -0.2) is 25.6 Å². The summed E-state index contributed by atoms with van der Waals surface area (Å²) in [5.41, 5.74) is 5.88. The van der Waals surface area contributed by atoms with E-state index >= 15 is 0 Å². The number of anilines is 2. The fourth-order valence-corrected chi connectivity index (χ4v) is 3.51. The van der Waals surface area contributed by atoms with Crippen molar-refractivity contribution >= 4 is 32.2 Å². The molecule has 0 aromatic carbocycles. The van der Waals surface area contributed by atoms with Crippen molar-refractivity contribution in [2.45, 2.75) is 24.7 Å². The summed E-state index contributed by atoms with van der Waals surface area (Å²) in [6.45, 7) is 2.95. The molecule has 0 spiro atoms. The summed E-state index contributed by atoms with van der Waals surface area (Å²) < 4.78 is 26.9. The van der Waals surface area contributed by atoms with Gasteiger partial charge in [-0.25, -0.2) is 8.42 Å². The van der Waals surface area contributed by atoms with E-state index in [0.717, 1.165) is 24.3 Å². The molecule has 0 atom stereocenters. The number of nitrogens with zero attached hydrogens (tertiary/aromatic N) is 1. The summed E-state index contributed by atoms with van der Waals surface area (Å²) in [5, 5.41) is 3.70. The zero-order valence-corrected chi connectivity index (χ0v) is 10.9. The van der Waals surface area contributed by atoms with Gasteiger partial charge in [0, 0.05) is 12.8 Å². The molecule has 2 rings (SSSR count). The summed E-state index contributed by atoms with van der Waals surface area (Å²) in [4.78, 5) is 0.141. The predicted molar refractivity (Wildman–Crippen MR) is 65.5 cm³/mol. The number of nitrogen functional groups attached to an aromatic ring is 1. The number of hydrogen-bond acceptors (Lipinski definition) is 6. The molecule has 16 heavy (non-hydrogen) atoms. The minimum absolute atomic E-state index is 0.0935. The van der Waals surface area contributed by atoms with Crippen molar-refractivity contribution in [3.05, 3.63) is 0 Å². The number of hydrogen-bond donors (Lipinski definition) is 2. The molecule has 5 nitrogen and oxygen atoms in total. The maximum absolute atomic E-state index is 11.5. The Labute approximate surface area is 99.1 Å². The molecule has 0 bridgehead atoms. The lowest BCUT2D eigenvalue weighted by molar-refractivity contribution is 0.600. The number of sulfone groups is 1. The summed E-state index contributed by atoms with van der Waals surface area (Å²) in [5.74, 6) is 0.0935. The van der Waals surface area contributed by atoms with E-state index in [0.29, 0.717) is 10.4 Å². The Hall–Kier alpha value is -0.820. The molecular formula is C9H15N3O2S2. The molecule has 0 amide bonds. The van der Waals surface area contributed by atoms with Crippen molar-refractivity contribution in [1.82, 2.24) is 4.37 Å². The lowest BCUT2D eigenvalue weighted by Gasteiger charge is -2.10. The lowest BCUT2D eigenvalue weighted by Crippen LogP contribution is -2.13. The predicted octanol–water partition coefficient (Wildman–Crippen LogP) is 1.34. The van der Waals surface area contributed by atoms with Crippen LogP contribution in [0.3, 0.4) is 0 Å². The number of nitrogens with one attached hydrogen (secondary N) is 1. The van der Waals surface area contributed by atoms with Gasteiger partial charge in [0.05, 0.1) is 0 Å². The molecular weight excluding hydrogens is 246 g/mol. The quantitative estimate of drug-likeness (QED) is 0.854. The van der Waals surface area contributed by atoms with Crippen molar-refractivity contribution in [2.75, 3.05) is 23.9 Å². The van der Waals surface area contributed by atoms with E-state index in [2.05, 4.69) is 16.6 Å². The van der Waals surface area contributed by atoms with E-state index in [4.69, 9.17) is 5.73 Å². The van der Waals surface area contributed by atoms with Crippen molar-refractivity contribution < 1.29 is 8.42 Å². The zero-order chi connectivity index (χ0) is 12.0. The van der Waals surface area contributed by atoms with Crippen molar-refractivity contribution in [3.63, 3.8) is 0 Å². The van der Waals surface area contributed by atoms with Gasteiger partial charge in [-0.2, -0.15) is 4.37 Å². The van der Waals surface area contributed by atoms with Crippen LogP contribution in [0.25, 0.3) is 0 Å². The third-order valence-electron chi connectivity index (χ3n) is 2.82. The van der Waals surface area contributed by atoms with Crippen LogP contribution in [0.5, 0.6) is 0 Å². The monoisotopic (exact) mass is 261 g/mol. The van der Waals surface area contributed by atoms with Gasteiger partial charge in [0.2, 0.25) is 0 Å². The van der Waals surface area contributed by atoms with Gasteiger partial charge in [0.15, 0.2) is 15.7 Å². The molecule has 1 saturated carbocycles. The minimum atomic E-state index is -3.31. The lowest BCUT2D eigenvalue weighted by atomic mass is 10.1. The van der Waals surface area contributed by atoms with Gasteiger partial charge in [-0.15, -0.1) is 0 Å². The smallest absolute Gasteiger partial charge is 0.182 e. The molecule has 0 saturated heterocycles. The maximum Gasteiger partial charge on any atom is 0.182 e. The summed E-state index contributed by atoms with van der Waals surface area (Å²) in [7, 11) is -3.31. The zero-order valence-electron chi connectivity index (χ0n) is 9.28. The van der Waals surface area contributed by atoms with Crippen LogP contribution in [-0.2, 0) is 9.84 Å². The van der Waals surface area contributed by atoms with Crippen LogP contribution >= 0.6 is 11.5 Å². The van der Waals surface area contributed by atoms with Crippen molar-refractivity contribution in [3.8, 4) is 0 Å². The molecule has 0 radical (unpaired) electrons. The maximum atomic E-state index is 11.5. The fourth-order valence-electron chi connectivity index (χ4n) is 1.45. The molecule has 0 unspecified atom stereocenters. The Morgan fingerprint density at radius 1 is 1.56 bits per heavy atom. The van der Waals surface area contributed by atoms with Crippen molar-refractivity contribution in [1.29, 1.82) is 0 Å². The van der Waals surface area contributed by atoms with Gasteiger partial charge in [-0.3, -0.25) is 0 Å². The Balaban J connectivity index is 2.21. The third-order valence-corrected chi connectivity index (χ3v) is 4.93. The summed E-state index contributed by atoms with van der Waals surface area (Å²) in [6, 6.07) is 0. The highest BCUT2D eigenvalue weighted by Gasteiger charge is 2.37. The van der Waals surface area contributed by atoms with Crippen LogP contribution in [0.15, 0.2) is 4.90 Å². The Bertz CT molecular complexity index is 503. The Morgan fingerprint density at radius 2 is 2.19 bits per heavy atom. The average Bonchev–Trinajstić information content (AvgIpc) is 2.74. The molecule has 1 fully saturated rings. The Kier molecular flexibility index (Phi) is 2.62. The number of aromatic nitrogens is 1. The van der Waals surface area contributed by atoms with E-state index in [1.54, 1.807) is 0 Å². The fraction of sp³-hybridized carbons (Fsp3) is 0.667. The SMILES string of the molecule is CC1(CNc2snc(N)c2S(C)(=O)=O)CC1. The molecule has 90 valence electrons. The summed E-state index contributed by atoms with van der Waals surface area (Å²) >= 11 is 1.11. The van der Waals surface area contributed by atoms with E-state index in [-0.39, 0.29) is 10.7 Å². The number of nitrogens with two attached hydrogens (primary N) is 1. The van der Waals surface area contributed by atoms with E-state index in [9.17, 15) is 8.42 Å². The second kappa shape index (κ2) is 3.59. The van der Waals surface area contributed by atoms with E-state index in [1.807, 2.05) is 0 Å². The molecule has 0 aliphatic heterocycles. The van der Waals surface area contributed by atoms with Gasteiger partial charge < -0.3 is 11.1 Å². The molecule has 3 N–H and O–H groups in total. The average molecular weight is 261 g/mol. The topological polar surface area (TPSA) is 85.1 Å². The van der Waals surface area contributed by atoms with Crippen LogP contribution in [0.1, 0.15) is 19.8 Å². The number of rotatable bonds is 4. The standard InChI is InChI=1S/C9H15N3O2S2/c1-9(3-4-9)5-11-8-6(16(2,13)14)7(10)12-15-8/h11H,3-5H2,1-2H3,(H2,10,12). The second-order valence-corrected chi connectivity index (χ2v) is 7.39. The Morgan fingerprint density at radius 3 is 2.69 bits per heavy atom.